The minimum atomic E-state index is -0.682. The van der Waals surface area contributed by atoms with Crippen LogP contribution in [-0.4, -0.2) is 35.3 Å². The maximum Gasteiger partial charge on any atom is 0.280 e. The molecule has 1 aromatic heterocycles. The zero-order valence-corrected chi connectivity index (χ0v) is 16.8. The van der Waals surface area contributed by atoms with Gasteiger partial charge in [-0.2, -0.15) is 0 Å². The number of amides is 1. The number of benzene rings is 1. The van der Waals surface area contributed by atoms with E-state index in [0.29, 0.717) is 16.3 Å². The number of hydrogen-bond donors (Lipinski definition) is 2. The molecule has 1 aliphatic rings. The summed E-state index contributed by atoms with van der Waals surface area (Å²) in [6.07, 6.45) is 0.0931. The van der Waals surface area contributed by atoms with E-state index >= 15 is 0 Å². The van der Waals surface area contributed by atoms with Gasteiger partial charge in [-0.05, 0) is 59.7 Å². The van der Waals surface area contributed by atoms with Crippen LogP contribution in [0, 0.1) is 16.3 Å². The van der Waals surface area contributed by atoms with Crippen molar-refractivity contribution in [2.24, 2.45) is 0 Å². The molecule has 1 amide bonds. The zero-order valence-electron chi connectivity index (χ0n) is 13.8. The summed E-state index contributed by atoms with van der Waals surface area (Å²) >= 11 is 3.48. The number of aliphatic hydroxyl groups is 1. The number of anilines is 2. The first-order chi connectivity index (χ1) is 11.9. The van der Waals surface area contributed by atoms with Crippen LogP contribution >= 0.6 is 33.9 Å². The highest BCUT2D eigenvalue weighted by Gasteiger charge is 2.31. The molecule has 5 nitrogen and oxygen atoms in total. The first-order valence-corrected chi connectivity index (χ1v) is 9.77. The quantitative estimate of drug-likeness (QED) is 0.659. The maximum absolute atomic E-state index is 14.2. The Balaban J connectivity index is 1.97. The van der Waals surface area contributed by atoms with Crippen LogP contribution < -0.4 is 5.32 Å². The van der Waals surface area contributed by atoms with E-state index in [0.717, 1.165) is 20.4 Å². The summed E-state index contributed by atoms with van der Waals surface area (Å²) in [5.41, 5.74) is 1.64. The third-order valence-electron chi connectivity index (χ3n) is 3.99. The maximum atomic E-state index is 14.2. The van der Waals surface area contributed by atoms with Crippen LogP contribution in [0.1, 0.15) is 27.7 Å². The molecule has 0 spiro atoms. The van der Waals surface area contributed by atoms with Crippen LogP contribution in [0.3, 0.4) is 0 Å². The number of β-amino-alcohol motifs (C(OH)–C–C–N with tert-alkyl or cyclic N) is 1. The molecule has 0 unspecified atom stereocenters. The van der Waals surface area contributed by atoms with Gasteiger partial charge >= 0.3 is 0 Å². The third-order valence-corrected chi connectivity index (χ3v) is 6.01. The second kappa shape index (κ2) is 7.56. The highest BCUT2D eigenvalue weighted by Crippen LogP contribution is 2.37. The summed E-state index contributed by atoms with van der Waals surface area (Å²) in [7, 11) is 0. The number of nitrogens with zero attached hydrogens (tertiary/aromatic N) is 1. The smallest absolute Gasteiger partial charge is 0.280 e. The minimum Gasteiger partial charge on any atom is -0.389 e. The minimum absolute atomic E-state index is 0.101. The lowest BCUT2D eigenvalue weighted by molar-refractivity contribution is -0.0779. The zero-order chi connectivity index (χ0) is 18.1. The van der Waals surface area contributed by atoms with Crippen molar-refractivity contribution in [3.05, 3.63) is 43.6 Å². The molecule has 2 N–H and O–H groups in total. The van der Waals surface area contributed by atoms with Crippen molar-refractivity contribution in [2.75, 3.05) is 18.5 Å². The summed E-state index contributed by atoms with van der Waals surface area (Å²) < 4.78 is 15.0. The molecule has 25 heavy (non-hydrogen) atoms. The van der Waals surface area contributed by atoms with Crippen molar-refractivity contribution < 1.29 is 19.1 Å². The molecule has 2 aromatic rings. The molecular formula is C17H18FIN2O3S. The Morgan fingerprint density at radius 2 is 2.32 bits per heavy atom. The van der Waals surface area contributed by atoms with Crippen LogP contribution in [0.15, 0.2) is 18.2 Å². The molecule has 134 valence electrons. The van der Waals surface area contributed by atoms with E-state index in [1.54, 1.807) is 12.1 Å². The highest BCUT2D eigenvalue weighted by molar-refractivity contribution is 14.1. The Labute approximate surface area is 162 Å². The number of thiophene rings is 1. The summed E-state index contributed by atoms with van der Waals surface area (Å²) in [4.78, 5) is 19.2. The van der Waals surface area contributed by atoms with Crippen LogP contribution in [0.5, 0.6) is 0 Å². The number of hydrogen-bond acceptors (Lipinski definition) is 5. The Kier molecular flexibility index (Phi) is 5.62. The van der Waals surface area contributed by atoms with Crippen molar-refractivity contribution in [2.45, 2.75) is 26.4 Å². The van der Waals surface area contributed by atoms with Gasteiger partial charge in [0.25, 0.3) is 5.91 Å². The first kappa shape index (κ1) is 18.6. The van der Waals surface area contributed by atoms with Crippen molar-refractivity contribution in [3.8, 4) is 0 Å². The first-order valence-electron chi connectivity index (χ1n) is 7.87. The Morgan fingerprint density at radius 1 is 1.56 bits per heavy atom. The van der Waals surface area contributed by atoms with E-state index in [1.165, 1.54) is 22.5 Å². The largest absolute Gasteiger partial charge is 0.389 e. The molecule has 3 rings (SSSR count). The van der Waals surface area contributed by atoms with Crippen LogP contribution in [0.2, 0.25) is 0 Å². The Hall–Kier alpha value is -1.23. The molecule has 8 heteroatoms. The van der Waals surface area contributed by atoms with Crippen LogP contribution in [0.4, 0.5) is 15.1 Å². The number of rotatable bonds is 4. The molecule has 1 aromatic carbocycles. The number of carbonyl (C=O) groups excluding carboxylic acids is 1. The summed E-state index contributed by atoms with van der Waals surface area (Å²) in [5.74, 6) is -0.694. The Morgan fingerprint density at radius 3 is 2.92 bits per heavy atom. The predicted molar refractivity (Wildman–Crippen MR) is 104 cm³/mol. The van der Waals surface area contributed by atoms with Gasteiger partial charge in [-0.1, -0.05) is 6.92 Å². The van der Waals surface area contributed by atoms with Gasteiger partial charge in [0.1, 0.15) is 23.5 Å². The molecule has 1 aliphatic heterocycles. The average molecular weight is 476 g/mol. The fraction of sp³-hybridized carbons (Fsp3) is 0.353. The Bertz CT molecular complexity index is 811. The van der Waals surface area contributed by atoms with Crippen molar-refractivity contribution in [3.63, 3.8) is 0 Å². The third kappa shape index (κ3) is 3.81. The van der Waals surface area contributed by atoms with Gasteiger partial charge < -0.3 is 10.4 Å². The molecule has 1 fully saturated rings. The summed E-state index contributed by atoms with van der Waals surface area (Å²) in [6.45, 7) is 4.12. The lowest BCUT2D eigenvalue weighted by Crippen LogP contribution is -2.29. The fourth-order valence-electron chi connectivity index (χ4n) is 2.70. The highest BCUT2D eigenvalue weighted by atomic mass is 127. The number of aliphatic hydroxyl groups excluding tert-OH is 1. The normalized spacial score (nSPS) is 17.2. The molecule has 0 saturated carbocycles. The molecular weight excluding hydrogens is 458 g/mol. The van der Waals surface area contributed by atoms with Gasteiger partial charge in [-0.25, -0.2) is 9.45 Å². The lowest BCUT2D eigenvalue weighted by Gasteiger charge is -2.16. The lowest BCUT2D eigenvalue weighted by atomic mass is 10.1. The molecule has 1 atom stereocenters. The number of nitrogens with one attached hydrogen (secondary N) is 1. The van der Waals surface area contributed by atoms with Gasteiger partial charge in [0, 0.05) is 8.45 Å². The van der Waals surface area contributed by atoms with Gasteiger partial charge in [0.05, 0.1) is 17.8 Å². The predicted octanol–water partition coefficient (Wildman–Crippen LogP) is 3.85. The van der Waals surface area contributed by atoms with Gasteiger partial charge in [-0.3, -0.25) is 9.63 Å². The monoisotopic (exact) mass is 476 g/mol. The van der Waals surface area contributed by atoms with Crippen LogP contribution in [0.25, 0.3) is 0 Å². The number of hydroxylamine groups is 2. The average Bonchev–Trinajstić information content (AvgIpc) is 3.13. The van der Waals surface area contributed by atoms with E-state index < -0.39 is 6.10 Å². The molecule has 0 bridgehead atoms. The number of halogens is 2. The molecule has 0 aliphatic carbocycles. The topological polar surface area (TPSA) is 61.8 Å². The fourth-order valence-corrected chi connectivity index (χ4v) is 4.30. The number of carbonyl (C=O) groups is 1. The van der Waals surface area contributed by atoms with Gasteiger partial charge in [-0.15, -0.1) is 11.3 Å². The summed E-state index contributed by atoms with van der Waals surface area (Å²) in [6, 6.07) is 4.89. The second-order valence-corrected chi connectivity index (χ2v) is 8.12. The van der Waals surface area contributed by atoms with E-state index in [-0.39, 0.29) is 24.9 Å². The number of aryl methyl sites for hydroxylation is 1. The SMILES string of the molecule is CCc1sc(Nc2ccc(I)cc2F)c(C(=O)N2C[C@@H](O)CO2)c1C. The van der Waals surface area contributed by atoms with Crippen molar-refractivity contribution in [1.29, 1.82) is 0 Å². The molecule has 1 saturated heterocycles. The van der Waals surface area contributed by atoms with Gasteiger partial charge in [0.2, 0.25) is 0 Å². The van der Waals surface area contributed by atoms with Crippen molar-refractivity contribution in [1.82, 2.24) is 5.06 Å². The molecule has 2 heterocycles. The van der Waals surface area contributed by atoms with Crippen molar-refractivity contribution >= 4 is 50.5 Å². The van der Waals surface area contributed by atoms with E-state index in [2.05, 4.69) is 5.32 Å². The van der Waals surface area contributed by atoms with E-state index in [4.69, 9.17) is 4.84 Å². The van der Waals surface area contributed by atoms with E-state index in [1.807, 2.05) is 36.4 Å². The summed E-state index contributed by atoms with van der Waals surface area (Å²) in [5, 5.41) is 14.4. The second-order valence-electron chi connectivity index (χ2n) is 5.77. The van der Waals surface area contributed by atoms with Gasteiger partial charge in [0.15, 0.2) is 0 Å². The van der Waals surface area contributed by atoms with Crippen LogP contribution in [-0.2, 0) is 11.3 Å². The molecule has 0 radical (unpaired) electrons. The van der Waals surface area contributed by atoms with E-state index in [9.17, 15) is 14.3 Å². The standard InChI is InChI=1S/C17H18FIN2O3S/c1-3-14-9(2)15(17(23)21-7-11(22)8-24-21)16(25-14)20-13-5-4-10(19)6-12(13)18/h4-6,11,20,22H,3,7-8H2,1-2H3/t11-/m1/s1.